The summed E-state index contributed by atoms with van der Waals surface area (Å²) in [5.41, 5.74) is 0.104. The van der Waals surface area contributed by atoms with Crippen LogP contribution in [0.15, 0.2) is 28.1 Å². The van der Waals surface area contributed by atoms with Crippen molar-refractivity contribution in [3.05, 3.63) is 23.8 Å². The highest BCUT2D eigenvalue weighted by Gasteiger charge is 2.36. The molecule has 0 bridgehead atoms. The largest absolute Gasteiger partial charge is 0.495 e. The van der Waals surface area contributed by atoms with Gasteiger partial charge in [0.05, 0.1) is 12.6 Å². The number of hydrogen-bond donors (Lipinski definition) is 0. The minimum Gasteiger partial charge on any atom is -0.495 e. The van der Waals surface area contributed by atoms with E-state index in [1.807, 2.05) is 0 Å². The molecule has 2 rings (SSSR count). The van der Waals surface area contributed by atoms with Crippen LogP contribution in [-0.2, 0) is 20.2 Å². The van der Waals surface area contributed by atoms with Gasteiger partial charge >= 0.3 is 0 Å². The molecular weight excluding hydrogens is 278 g/mol. The highest BCUT2D eigenvalue weighted by atomic mass is 32.2. The van der Waals surface area contributed by atoms with Crippen molar-refractivity contribution in [1.29, 1.82) is 0 Å². The molecule has 5 nitrogen and oxygen atoms in total. The average molecular weight is 295 g/mol. The molecule has 0 heterocycles. The van der Waals surface area contributed by atoms with Crippen LogP contribution in [0.3, 0.4) is 0 Å². The van der Waals surface area contributed by atoms with Gasteiger partial charge in [0.2, 0.25) is 6.08 Å². The fraction of sp³-hybridized carbons (Fsp3) is 0.500. The summed E-state index contributed by atoms with van der Waals surface area (Å²) in [6.07, 6.45) is 6.16. The molecule has 0 saturated heterocycles. The summed E-state index contributed by atoms with van der Waals surface area (Å²) in [4.78, 5) is 14.8. The molecule has 0 N–H and O–H groups in total. The zero-order chi connectivity index (χ0) is 14.8. The zero-order valence-corrected chi connectivity index (χ0v) is 12.4. The van der Waals surface area contributed by atoms with E-state index in [2.05, 4.69) is 4.99 Å². The summed E-state index contributed by atoms with van der Waals surface area (Å²) in [7, 11) is -1.98. The van der Waals surface area contributed by atoms with Crippen LogP contribution in [0.2, 0.25) is 0 Å². The first-order valence-electron chi connectivity index (χ1n) is 6.40. The summed E-state index contributed by atoms with van der Waals surface area (Å²) in [5, 5.41) is 0. The van der Waals surface area contributed by atoms with E-state index in [0.717, 1.165) is 37.5 Å². The predicted molar refractivity (Wildman–Crippen MR) is 74.4 cm³/mol. The summed E-state index contributed by atoms with van der Waals surface area (Å²) < 4.78 is 28.8. The van der Waals surface area contributed by atoms with E-state index in [4.69, 9.17) is 4.74 Å². The number of rotatable bonds is 4. The third-order valence-corrected chi connectivity index (χ3v) is 4.91. The smallest absolute Gasteiger partial charge is 0.235 e. The first-order chi connectivity index (χ1) is 9.43. The lowest BCUT2D eigenvalue weighted by atomic mass is 9.89. The number of carbonyl (C=O) groups excluding carboxylic acids is 1. The van der Waals surface area contributed by atoms with E-state index in [1.165, 1.54) is 7.11 Å². The van der Waals surface area contributed by atoms with Crippen LogP contribution in [0, 0.1) is 0 Å². The van der Waals surface area contributed by atoms with Gasteiger partial charge in [0.1, 0.15) is 10.6 Å². The highest BCUT2D eigenvalue weighted by Crippen LogP contribution is 2.43. The molecule has 1 saturated carbocycles. The van der Waals surface area contributed by atoms with Crippen molar-refractivity contribution in [2.45, 2.75) is 36.1 Å². The Morgan fingerprint density at radius 1 is 1.30 bits per heavy atom. The number of ether oxygens (including phenoxy) is 1. The fourth-order valence-corrected chi connectivity index (χ4v) is 3.63. The van der Waals surface area contributed by atoms with Crippen LogP contribution in [-0.4, -0.2) is 27.9 Å². The van der Waals surface area contributed by atoms with Gasteiger partial charge in [-0.2, -0.15) is 4.99 Å². The summed E-state index contributed by atoms with van der Waals surface area (Å²) in [6, 6.07) is 4.96. The first kappa shape index (κ1) is 14.8. The predicted octanol–water partition coefficient (Wildman–Crippen LogP) is 2.20. The molecule has 6 heteroatoms. The lowest BCUT2D eigenvalue weighted by molar-refractivity contribution is 0.400. The van der Waals surface area contributed by atoms with E-state index < -0.39 is 15.4 Å². The van der Waals surface area contributed by atoms with Gasteiger partial charge in [-0.05, 0) is 30.5 Å². The van der Waals surface area contributed by atoms with Crippen LogP contribution in [0.4, 0.5) is 0 Å². The summed E-state index contributed by atoms with van der Waals surface area (Å²) in [6.45, 7) is 0. The Hall–Kier alpha value is -1.65. The third-order valence-electron chi connectivity index (χ3n) is 3.79. The summed E-state index contributed by atoms with van der Waals surface area (Å²) >= 11 is 0. The molecule has 0 atom stereocenters. The molecule has 0 aromatic heterocycles. The van der Waals surface area contributed by atoms with Crippen molar-refractivity contribution in [2.75, 3.05) is 13.4 Å². The van der Waals surface area contributed by atoms with Crippen molar-refractivity contribution in [3.8, 4) is 5.75 Å². The minimum atomic E-state index is -3.40. The molecule has 1 aliphatic rings. The normalized spacial score (nSPS) is 17.5. The van der Waals surface area contributed by atoms with E-state index in [-0.39, 0.29) is 4.90 Å². The number of isocyanates is 1. The van der Waals surface area contributed by atoms with E-state index in [9.17, 15) is 13.2 Å². The second-order valence-electron chi connectivity index (χ2n) is 5.08. The van der Waals surface area contributed by atoms with Crippen LogP contribution in [0.1, 0.15) is 31.2 Å². The van der Waals surface area contributed by atoms with E-state index in [0.29, 0.717) is 5.75 Å². The Labute approximate surface area is 118 Å². The molecule has 0 unspecified atom stereocenters. The number of sulfone groups is 1. The molecule has 1 aromatic rings. The average Bonchev–Trinajstić information content (AvgIpc) is 2.87. The van der Waals surface area contributed by atoms with E-state index in [1.54, 1.807) is 24.3 Å². The van der Waals surface area contributed by atoms with Gasteiger partial charge in [-0.3, -0.25) is 0 Å². The number of aliphatic imine (C=N–C) groups is 1. The second-order valence-corrected chi connectivity index (χ2v) is 7.06. The monoisotopic (exact) mass is 295 g/mol. The maximum absolute atomic E-state index is 11.9. The Balaban J connectivity index is 2.61. The van der Waals surface area contributed by atoms with Crippen LogP contribution < -0.4 is 4.74 Å². The maximum Gasteiger partial charge on any atom is 0.235 e. The van der Waals surface area contributed by atoms with Gasteiger partial charge in [-0.15, -0.1) is 0 Å². The van der Waals surface area contributed by atoms with Gasteiger partial charge in [0.25, 0.3) is 0 Å². The molecule has 1 aliphatic carbocycles. The molecule has 0 spiro atoms. The van der Waals surface area contributed by atoms with Crippen molar-refractivity contribution < 1.29 is 17.9 Å². The maximum atomic E-state index is 11.9. The summed E-state index contributed by atoms with van der Waals surface area (Å²) in [5.74, 6) is 0.305. The van der Waals surface area contributed by atoms with Crippen molar-refractivity contribution in [1.82, 2.24) is 0 Å². The highest BCUT2D eigenvalue weighted by molar-refractivity contribution is 7.90. The molecular formula is C14H17NO4S. The van der Waals surface area contributed by atoms with E-state index >= 15 is 0 Å². The van der Waals surface area contributed by atoms with Crippen LogP contribution in [0.5, 0.6) is 5.75 Å². The number of benzene rings is 1. The molecule has 0 amide bonds. The van der Waals surface area contributed by atoms with Crippen molar-refractivity contribution >= 4 is 15.9 Å². The Morgan fingerprint density at radius 3 is 2.45 bits per heavy atom. The Bertz CT molecular complexity index is 654. The Morgan fingerprint density at radius 2 is 1.95 bits per heavy atom. The second kappa shape index (κ2) is 5.38. The fourth-order valence-electron chi connectivity index (χ4n) is 2.77. The minimum absolute atomic E-state index is 0.130. The van der Waals surface area contributed by atoms with Crippen LogP contribution in [0.25, 0.3) is 0 Å². The number of methoxy groups -OCH3 is 1. The first-order valence-corrected chi connectivity index (χ1v) is 8.30. The standard InChI is InChI=1S/C14H17NO4S/c1-19-12-6-5-11(9-13(12)20(2,17)18)14(15-10-16)7-3-4-8-14/h5-6,9H,3-4,7-8H2,1-2H3. The number of hydrogen-bond acceptors (Lipinski definition) is 5. The molecule has 0 radical (unpaired) electrons. The van der Waals surface area contributed by atoms with Crippen molar-refractivity contribution in [2.24, 2.45) is 4.99 Å². The van der Waals surface area contributed by atoms with Crippen molar-refractivity contribution in [3.63, 3.8) is 0 Å². The molecule has 1 aromatic carbocycles. The van der Waals surface area contributed by atoms with Gasteiger partial charge in [-0.25, -0.2) is 13.2 Å². The van der Waals surface area contributed by atoms with Crippen LogP contribution >= 0.6 is 0 Å². The molecule has 0 aliphatic heterocycles. The zero-order valence-electron chi connectivity index (χ0n) is 11.5. The SMILES string of the molecule is COc1ccc(C2(N=C=O)CCCC2)cc1S(C)(=O)=O. The quantitative estimate of drug-likeness (QED) is 0.630. The molecule has 108 valence electrons. The number of nitrogens with zero attached hydrogens (tertiary/aromatic N) is 1. The van der Waals surface area contributed by atoms with Gasteiger partial charge in [-0.1, -0.05) is 18.9 Å². The van der Waals surface area contributed by atoms with Gasteiger partial charge in [0.15, 0.2) is 9.84 Å². The topological polar surface area (TPSA) is 72.8 Å². The van der Waals surface area contributed by atoms with Gasteiger partial charge in [0, 0.05) is 6.26 Å². The van der Waals surface area contributed by atoms with Gasteiger partial charge < -0.3 is 4.74 Å². The third kappa shape index (κ3) is 2.62. The molecule has 1 fully saturated rings. The lowest BCUT2D eigenvalue weighted by Crippen LogP contribution is -2.19. The Kier molecular flexibility index (Phi) is 3.97. The molecule has 20 heavy (non-hydrogen) atoms. The lowest BCUT2D eigenvalue weighted by Gasteiger charge is -2.23.